The molecule has 0 aromatic heterocycles. The molecule has 5 nitrogen and oxygen atoms in total. The van der Waals surface area contributed by atoms with Gasteiger partial charge in [0, 0.05) is 27.2 Å². The molecule has 20 heavy (non-hydrogen) atoms. The molecule has 2 aliphatic carbocycles. The summed E-state index contributed by atoms with van der Waals surface area (Å²) >= 11 is 0. The van der Waals surface area contributed by atoms with Crippen LogP contribution < -0.4 is 0 Å². The van der Waals surface area contributed by atoms with Gasteiger partial charge in [-0.2, -0.15) is 0 Å². The van der Waals surface area contributed by atoms with Gasteiger partial charge in [0.2, 0.25) is 0 Å². The van der Waals surface area contributed by atoms with E-state index in [1.807, 2.05) is 7.05 Å². The Balaban J connectivity index is 1.81. The van der Waals surface area contributed by atoms with Crippen molar-refractivity contribution < 1.29 is 14.7 Å². The molecule has 2 fully saturated rings. The van der Waals surface area contributed by atoms with Gasteiger partial charge in [-0.05, 0) is 37.0 Å². The molecule has 2 saturated carbocycles. The van der Waals surface area contributed by atoms with Crippen molar-refractivity contribution >= 4 is 12.0 Å². The highest BCUT2D eigenvalue weighted by Crippen LogP contribution is 2.48. The molecule has 0 spiro atoms. The van der Waals surface area contributed by atoms with E-state index in [4.69, 9.17) is 5.11 Å². The summed E-state index contributed by atoms with van der Waals surface area (Å²) in [6.45, 7) is 2.70. The van der Waals surface area contributed by atoms with Gasteiger partial charge in [-0.25, -0.2) is 4.79 Å². The topological polar surface area (TPSA) is 60.9 Å². The molecule has 0 aromatic rings. The number of carboxylic acids is 1. The first-order valence-corrected chi connectivity index (χ1v) is 7.57. The molecule has 0 heterocycles. The quantitative estimate of drug-likeness (QED) is 0.840. The third-order valence-electron chi connectivity index (χ3n) is 5.02. The SMILES string of the molecule is CC(CN(C)C(=O)N(C)CC1CC2CCC1C2)C(=O)O. The molecule has 0 aromatic carbocycles. The second-order valence-electron chi connectivity index (χ2n) is 6.72. The summed E-state index contributed by atoms with van der Waals surface area (Å²) in [5.41, 5.74) is 0. The molecule has 0 saturated heterocycles. The van der Waals surface area contributed by atoms with Crippen LogP contribution in [0.5, 0.6) is 0 Å². The highest BCUT2D eigenvalue weighted by Gasteiger charge is 2.40. The maximum absolute atomic E-state index is 12.3. The zero-order valence-electron chi connectivity index (χ0n) is 12.7. The van der Waals surface area contributed by atoms with Crippen LogP contribution in [-0.2, 0) is 4.79 Å². The Morgan fingerprint density at radius 3 is 2.40 bits per heavy atom. The number of urea groups is 1. The molecule has 0 aliphatic heterocycles. The highest BCUT2D eigenvalue weighted by molar-refractivity contribution is 5.75. The molecule has 114 valence electrons. The third kappa shape index (κ3) is 3.25. The second-order valence-corrected chi connectivity index (χ2v) is 6.72. The third-order valence-corrected chi connectivity index (χ3v) is 5.02. The van der Waals surface area contributed by atoms with Gasteiger partial charge in [-0.1, -0.05) is 13.3 Å². The number of hydrogen-bond donors (Lipinski definition) is 1. The lowest BCUT2D eigenvalue weighted by atomic mass is 9.88. The number of rotatable bonds is 5. The van der Waals surface area contributed by atoms with Crippen LogP contribution in [0.15, 0.2) is 0 Å². The number of hydrogen-bond acceptors (Lipinski definition) is 2. The fourth-order valence-corrected chi connectivity index (χ4v) is 3.89. The van der Waals surface area contributed by atoms with Gasteiger partial charge < -0.3 is 14.9 Å². The Hall–Kier alpha value is -1.26. The first-order chi connectivity index (χ1) is 9.38. The van der Waals surface area contributed by atoms with Gasteiger partial charge in [0.05, 0.1) is 5.92 Å². The van der Waals surface area contributed by atoms with E-state index < -0.39 is 11.9 Å². The molecule has 2 amide bonds. The summed E-state index contributed by atoms with van der Waals surface area (Å²) in [6, 6.07) is -0.0686. The van der Waals surface area contributed by atoms with Crippen molar-refractivity contribution in [3.63, 3.8) is 0 Å². The molecule has 0 radical (unpaired) electrons. The Labute approximate surface area is 120 Å². The summed E-state index contributed by atoms with van der Waals surface area (Å²) in [4.78, 5) is 26.4. The van der Waals surface area contributed by atoms with E-state index >= 15 is 0 Å². The van der Waals surface area contributed by atoms with E-state index in [1.165, 1.54) is 30.6 Å². The molecule has 2 bridgehead atoms. The van der Waals surface area contributed by atoms with Crippen molar-refractivity contribution in [2.75, 3.05) is 27.2 Å². The Kier molecular flexibility index (Phi) is 4.55. The van der Waals surface area contributed by atoms with Crippen molar-refractivity contribution in [1.82, 2.24) is 9.80 Å². The van der Waals surface area contributed by atoms with Crippen LogP contribution in [0.3, 0.4) is 0 Å². The zero-order chi connectivity index (χ0) is 14.9. The molecule has 2 rings (SSSR count). The van der Waals surface area contributed by atoms with Crippen molar-refractivity contribution in [3.05, 3.63) is 0 Å². The number of nitrogens with zero attached hydrogens (tertiary/aromatic N) is 2. The molecule has 5 heteroatoms. The van der Waals surface area contributed by atoms with Gasteiger partial charge in [0.15, 0.2) is 0 Å². The second kappa shape index (κ2) is 6.02. The zero-order valence-corrected chi connectivity index (χ0v) is 12.7. The Bertz CT molecular complexity index is 385. The molecule has 4 atom stereocenters. The first kappa shape index (κ1) is 15.1. The van der Waals surface area contributed by atoms with E-state index in [9.17, 15) is 9.59 Å². The molecular weight excluding hydrogens is 256 g/mol. The van der Waals surface area contributed by atoms with E-state index in [0.717, 1.165) is 18.4 Å². The van der Waals surface area contributed by atoms with Crippen LogP contribution in [-0.4, -0.2) is 54.1 Å². The lowest BCUT2D eigenvalue weighted by Gasteiger charge is -2.30. The van der Waals surface area contributed by atoms with E-state index in [0.29, 0.717) is 5.92 Å². The van der Waals surface area contributed by atoms with Gasteiger partial charge in [-0.3, -0.25) is 4.79 Å². The fraction of sp³-hybridized carbons (Fsp3) is 0.867. The van der Waals surface area contributed by atoms with E-state index in [1.54, 1.807) is 18.9 Å². The molecule has 1 N–H and O–H groups in total. The van der Waals surface area contributed by atoms with Crippen molar-refractivity contribution in [3.8, 4) is 0 Å². The number of amides is 2. The summed E-state index contributed by atoms with van der Waals surface area (Å²) in [6.07, 6.45) is 5.30. The van der Waals surface area contributed by atoms with Crippen molar-refractivity contribution in [2.45, 2.75) is 32.6 Å². The molecule has 4 unspecified atom stereocenters. The van der Waals surface area contributed by atoms with E-state index in [-0.39, 0.29) is 12.6 Å². The fourth-order valence-electron chi connectivity index (χ4n) is 3.89. The minimum absolute atomic E-state index is 0.0686. The lowest BCUT2D eigenvalue weighted by molar-refractivity contribution is -0.141. The van der Waals surface area contributed by atoms with Crippen LogP contribution in [0, 0.1) is 23.7 Å². The highest BCUT2D eigenvalue weighted by atomic mass is 16.4. The minimum Gasteiger partial charge on any atom is -0.481 e. The maximum atomic E-state index is 12.3. The number of carbonyl (C=O) groups is 2. The Morgan fingerprint density at radius 1 is 1.20 bits per heavy atom. The average Bonchev–Trinajstić information content (AvgIpc) is 2.99. The summed E-state index contributed by atoms with van der Waals surface area (Å²) in [5, 5.41) is 8.90. The number of aliphatic carboxylic acids is 1. The number of fused-ring (bicyclic) bond motifs is 2. The van der Waals surface area contributed by atoms with Crippen LogP contribution in [0.25, 0.3) is 0 Å². The average molecular weight is 282 g/mol. The Morgan fingerprint density at radius 2 is 1.90 bits per heavy atom. The lowest BCUT2D eigenvalue weighted by Crippen LogP contribution is -2.44. The van der Waals surface area contributed by atoms with Gasteiger partial charge in [0.25, 0.3) is 0 Å². The van der Waals surface area contributed by atoms with Crippen molar-refractivity contribution in [2.24, 2.45) is 23.7 Å². The standard InChI is InChI=1S/C15H26N2O3/c1-10(14(18)19)8-16(2)15(20)17(3)9-13-7-11-4-5-12(13)6-11/h10-13H,4-9H2,1-3H3,(H,18,19). The van der Waals surface area contributed by atoms with Crippen molar-refractivity contribution in [1.29, 1.82) is 0 Å². The maximum Gasteiger partial charge on any atom is 0.319 e. The summed E-state index contributed by atoms with van der Waals surface area (Å²) in [5.74, 6) is 0.949. The number of carbonyl (C=O) groups excluding carboxylic acids is 1. The van der Waals surface area contributed by atoms with Crippen LogP contribution in [0.1, 0.15) is 32.6 Å². The monoisotopic (exact) mass is 282 g/mol. The predicted molar refractivity (Wildman–Crippen MR) is 76.4 cm³/mol. The predicted octanol–water partition coefficient (Wildman–Crippen LogP) is 2.13. The minimum atomic E-state index is -0.861. The van der Waals surface area contributed by atoms with Gasteiger partial charge >= 0.3 is 12.0 Å². The molecule has 2 aliphatic rings. The summed E-state index contributed by atoms with van der Waals surface area (Å²) in [7, 11) is 3.51. The number of carboxylic acid groups (broad SMARTS) is 1. The van der Waals surface area contributed by atoms with Gasteiger partial charge in [0.1, 0.15) is 0 Å². The first-order valence-electron chi connectivity index (χ1n) is 7.57. The summed E-state index contributed by atoms with van der Waals surface area (Å²) < 4.78 is 0. The van der Waals surface area contributed by atoms with Crippen LogP contribution in [0.4, 0.5) is 4.79 Å². The van der Waals surface area contributed by atoms with E-state index in [2.05, 4.69) is 0 Å². The van der Waals surface area contributed by atoms with Crippen LogP contribution in [0.2, 0.25) is 0 Å². The largest absolute Gasteiger partial charge is 0.481 e. The van der Waals surface area contributed by atoms with Crippen LogP contribution >= 0.6 is 0 Å². The van der Waals surface area contributed by atoms with Gasteiger partial charge in [-0.15, -0.1) is 0 Å². The normalized spacial score (nSPS) is 29.2. The smallest absolute Gasteiger partial charge is 0.319 e. The molecular formula is C15H26N2O3.